The van der Waals surface area contributed by atoms with Crippen LogP contribution in [0.2, 0.25) is 0 Å². The minimum Gasteiger partial charge on any atom is -0.275 e. The Morgan fingerprint density at radius 3 is 2.40 bits per heavy atom. The van der Waals surface area contributed by atoms with Gasteiger partial charge in [0.25, 0.3) is 0 Å². The third-order valence-corrected chi connectivity index (χ3v) is 2.86. The second-order valence-corrected chi connectivity index (χ2v) is 3.87. The first-order chi connectivity index (χ1) is 7.13. The van der Waals surface area contributed by atoms with E-state index in [1.54, 1.807) is 0 Å². The van der Waals surface area contributed by atoms with E-state index in [1.165, 1.54) is 11.8 Å². The van der Waals surface area contributed by atoms with Crippen LogP contribution >= 0.6 is 0 Å². The van der Waals surface area contributed by atoms with Crippen molar-refractivity contribution >= 4 is 11.8 Å². The summed E-state index contributed by atoms with van der Waals surface area (Å²) in [5, 5.41) is 0. The molecule has 2 amide bonds. The van der Waals surface area contributed by atoms with E-state index in [9.17, 15) is 9.59 Å². The Kier molecular flexibility index (Phi) is 2.31. The summed E-state index contributed by atoms with van der Waals surface area (Å²) in [4.78, 5) is 24.1. The highest BCUT2D eigenvalue weighted by Gasteiger charge is 2.47. The number of amides is 2. The van der Waals surface area contributed by atoms with Gasteiger partial charge >= 0.3 is 0 Å². The molecule has 3 nitrogen and oxygen atoms in total. The molecule has 15 heavy (non-hydrogen) atoms. The van der Waals surface area contributed by atoms with E-state index >= 15 is 0 Å². The molecule has 0 aromatic heterocycles. The molecule has 1 aromatic rings. The molecule has 0 spiro atoms. The first-order valence-corrected chi connectivity index (χ1v) is 5.01. The zero-order chi connectivity index (χ0) is 11.0. The Balaban J connectivity index is 2.30. The zero-order valence-corrected chi connectivity index (χ0v) is 8.81. The lowest BCUT2D eigenvalue weighted by Crippen LogP contribution is -2.55. The molecule has 2 atom stereocenters. The van der Waals surface area contributed by atoms with Crippen LogP contribution in [0, 0.1) is 5.92 Å². The predicted molar refractivity (Wildman–Crippen MR) is 55.9 cm³/mol. The highest BCUT2D eigenvalue weighted by atomic mass is 16.2. The van der Waals surface area contributed by atoms with Crippen molar-refractivity contribution in [1.29, 1.82) is 0 Å². The van der Waals surface area contributed by atoms with Gasteiger partial charge in [-0.1, -0.05) is 37.3 Å². The molecule has 0 radical (unpaired) electrons. The average molecular weight is 203 g/mol. The SMILES string of the molecule is CC(=O)N1C(=O)[C@H](C)C1c1ccccc1. The summed E-state index contributed by atoms with van der Waals surface area (Å²) in [5.41, 5.74) is 1.03. The van der Waals surface area contributed by atoms with Crippen LogP contribution in [0.1, 0.15) is 25.5 Å². The van der Waals surface area contributed by atoms with E-state index in [0.717, 1.165) is 5.56 Å². The lowest BCUT2D eigenvalue weighted by molar-refractivity contribution is -0.164. The summed E-state index contributed by atoms with van der Waals surface area (Å²) in [6.07, 6.45) is 0. The van der Waals surface area contributed by atoms with Gasteiger partial charge in [-0.15, -0.1) is 0 Å². The summed E-state index contributed by atoms with van der Waals surface area (Å²) in [5.74, 6) is -0.334. The van der Waals surface area contributed by atoms with Crippen molar-refractivity contribution in [1.82, 2.24) is 4.90 Å². The third kappa shape index (κ3) is 1.44. The molecular formula is C12H13NO2. The van der Waals surface area contributed by atoms with Crippen LogP contribution in [0.3, 0.4) is 0 Å². The number of β-lactam (4-membered cyclic amide) rings is 1. The maximum atomic E-state index is 11.5. The number of benzene rings is 1. The Morgan fingerprint density at radius 1 is 1.27 bits per heavy atom. The number of nitrogens with zero attached hydrogens (tertiary/aromatic N) is 1. The van der Waals surface area contributed by atoms with Gasteiger partial charge in [0.2, 0.25) is 11.8 Å². The highest BCUT2D eigenvalue weighted by molar-refractivity contribution is 6.01. The van der Waals surface area contributed by atoms with Crippen molar-refractivity contribution in [2.75, 3.05) is 0 Å². The third-order valence-electron chi connectivity index (χ3n) is 2.86. The molecule has 1 fully saturated rings. The molecule has 1 aromatic carbocycles. The van der Waals surface area contributed by atoms with Crippen molar-refractivity contribution < 1.29 is 9.59 Å². The van der Waals surface area contributed by atoms with Gasteiger partial charge in [-0.3, -0.25) is 14.5 Å². The normalized spacial score (nSPS) is 24.9. The molecule has 1 aliphatic heterocycles. The number of carbonyl (C=O) groups excluding carboxylic acids is 2. The predicted octanol–water partition coefficient (Wildman–Crippen LogP) is 1.75. The summed E-state index contributed by atoms with van der Waals surface area (Å²) in [6.45, 7) is 3.29. The van der Waals surface area contributed by atoms with Gasteiger partial charge in [-0.2, -0.15) is 0 Å². The average Bonchev–Trinajstić information content (AvgIpc) is 2.25. The molecule has 0 saturated carbocycles. The summed E-state index contributed by atoms with van der Waals surface area (Å²) in [7, 11) is 0. The monoisotopic (exact) mass is 203 g/mol. The van der Waals surface area contributed by atoms with E-state index in [4.69, 9.17) is 0 Å². The van der Waals surface area contributed by atoms with Gasteiger partial charge in [0.1, 0.15) is 0 Å². The van der Waals surface area contributed by atoms with Gasteiger partial charge < -0.3 is 0 Å². The maximum Gasteiger partial charge on any atom is 0.235 e. The zero-order valence-electron chi connectivity index (χ0n) is 8.81. The van der Waals surface area contributed by atoms with Crippen molar-refractivity contribution in [3.63, 3.8) is 0 Å². The molecule has 2 rings (SSSR count). The molecule has 1 heterocycles. The first-order valence-electron chi connectivity index (χ1n) is 5.01. The molecule has 1 saturated heterocycles. The standard InChI is InChI=1S/C12H13NO2/c1-8-11(10-6-4-3-5-7-10)13(9(2)14)12(8)15/h3-8,11H,1-2H3/t8-,11?/m1/s1. The van der Waals surface area contributed by atoms with Crippen LogP contribution in [0.5, 0.6) is 0 Å². The largest absolute Gasteiger partial charge is 0.275 e. The fourth-order valence-corrected chi connectivity index (χ4v) is 2.07. The molecule has 1 unspecified atom stereocenters. The van der Waals surface area contributed by atoms with Crippen LogP contribution < -0.4 is 0 Å². The number of likely N-dealkylation sites (tertiary alicyclic amines) is 1. The van der Waals surface area contributed by atoms with E-state index in [-0.39, 0.29) is 23.8 Å². The van der Waals surface area contributed by atoms with Gasteiger partial charge in [0, 0.05) is 6.92 Å². The van der Waals surface area contributed by atoms with Gasteiger partial charge in [0.05, 0.1) is 12.0 Å². The smallest absolute Gasteiger partial charge is 0.235 e. The summed E-state index contributed by atoms with van der Waals surface area (Å²) in [6, 6.07) is 9.59. The molecule has 78 valence electrons. The number of hydrogen-bond donors (Lipinski definition) is 0. The van der Waals surface area contributed by atoms with E-state index in [2.05, 4.69) is 0 Å². The summed E-state index contributed by atoms with van der Waals surface area (Å²) < 4.78 is 0. The Bertz CT molecular complexity index is 399. The molecular weight excluding hydrogens is 190 g/mol. The number of carbonyl (C=O) groups is 2. The molecule has 3 heteroatoms. The van der Waals surface area contributed by atoms with E-state index in [0.29, 0.717) is 0 Å². The molecule has 0 bridgehead atoms. The Hall–Kier alpha value is -1.64. The summed E-state index contributed by atoms with van der Waals surface area (Å²) >= 11 is 0. The van der Waals surface area contributed by atoms with Crippen LogP contribution in [0.4, 0.5) is 0 Å². The van der Waals surface area contributed by atoms with E-state index in [1.807, 2.05) is 37.3 Å². The lowest BCUT2D eigenvalue weighted by atomic mass is 9.84. The van der Waals surface area contributed by atoms with Gasteiger partial charge in [-0.05, 0) is 5.56 Å². The molecule has 0 aliphatic carbocycles. The Labute approximate surface area is 88.7 Å². The minimum absolute atomic E-state index is 0.0728. The molecule has 0 N–H and O–H groups in total. The lowest BCUT2D eigenvalue weighted by Gasteiger charge is -2.43. The Morgan fingerprint density at radius 2 is 1.87 bits per heavy atom. The quantitative estimate of drug-likeness (QED) is 0.652. The number of rotatable bonds is 1. The highest BCUT2D eigenvalue weighted by Crippen LogP contribution is 2.39. The minimum atomic E-state index is -0.174. The van der Waals surface area contributed by atoms with Crippen molar-refractivity contribution in [3.05, 3.63) is 35.9 Å². The topological polar surface area (TPSA) is 37.4 Å². The van der Waals surface area contributed by atoms with Crippen LogP contribution in [0.15, 0.2) is 30.3 Å². The van der Waals surface area contributed by atoms with Crippen molar-refractivity contribution in [3.8, 4) is 0 Å². The van der Waals surface area contributed by atoms with Crippen LogP contribution in [-0.2, 0) is 9.59 Å². The number of hydrogen-bond acceptors (Lipinski definition) is 2. The fourth-order valence-electron chi connectivity index (χ4n) is 2.07. The number of imide groups is 1. The first kappa shape index (κ1) is 9.90. The fraction of sp³-hybridized carbons (Fsp3) is 0.333. The van der Waals surface area contributed by atoms with Gasteiger partial charge in [0.15, 0.2) is 0 Å². The maximum absolute atomic E-state index is 11.5. The second kappa shape index (κ2) is 3.50. The van der Waals surface area contributed by atoms with E-state index < -0.39 is 0 Å². The van der Waals surface area contributed by atoms with Crippen LogP contribution in [0.25, 0.3) is 0 Å². The van der Waals surface area contributed by atoms with Crippen LogP contribution in [-0.4, -0.2) is 16.7 Å². The second-order valence-electron chi connectivity index (χ2n) is 3.87. The van der Waals surface area contributed by atoms with Crippen molar-refractivity contribution in [2.45, 2.75) is 19.9 Å². The molecule has 1 aliphatic rings. The van der Waals surface area contributed by atoms with Gasteiger partial charge in [-0.25, -0.2) is 0 Å². The van der Waals surface area contributed by atoms with Crippen molar-refractivity contribution in [2.24, 2.45) is 5.92 Å².